The Morgan fingerprint density at radius 1 is 0.625 bits per heavy atom. The van der Waals surface area contributed by atoms with Crippen molar-refractivity contribution in [1.82, 2.24) is 0 Å². The van der Waals surface area contributed by atoms with Gasteiger partial charge in [-0.05, 0) is 12.2 Å². The van der Waals surface area contributed by atoms with E-state index >= 15 is 0 Å². The van der Waals surface area contributed by atoms with Gasteiger partial charge in [-0.25, -0.2) is 0 Å². The molecule has 1 aliphatic rings. The fourth-order valence-electron chi connectivity index (χ4n) is 0.382. The smallest absolute Gasteiger partial charge is 0.0495 e. The molecule has 0 atom stereocenters. The van der Waals surface area contributed by atoms with Gasteiger partial charge in [0.15, 0.2) is 0 Å². The van der Waals surface area contributed by atoms with Gasteiger partial charge < -0.3 is 0 Å². The lowest BCUT2D eigenvalue weighted by molar-refractivity contribution is 1.22. The lowest BCUT2D eigenvalue weighted by Gasteiger charge is -1.76. The largest absolute Gasteiger partial charge is 0.159 e. The van der Waals surface area contributed by atoms with Crippen LogP contribution in [-0.2, 0) is 0 Å². The van der Waals surface area contributed by atoms with Crippen LogP contribution in [0.2, 0.25) is 0 Å². The van der Waals surface area contributed by atoms with Crippen LogP contribution in [0.15, 0.2) is 46.9 Å². The van der Waals surface area contributed by atoms with Gasteiger partial charge in [-0.15, -0.1) is 0 Å². The predicted molar refractivity (Wildman–Crippen MR) is 32.3 cm³/mol. The van der Waals surface area contributed by atoms with E-state index in [-0.39, 0.29) is 0 Å². The fourth-order valence-corrected chi connectivity index (χ4v) is 0.382. The van der Waals surface area contributed by atoms with E-state index in [4.69, 9.17) is 0 Å². The summed E-state index contributed by atoms with van der Waals surface area (Å²) in [5.74, 6) is 0. The normalized spacial score (nSPS) is 20.0. The lowest BCUT2D eigenvalue weighted by atomic mass is 10.4. The topological polar surface area (TPSA) is 24.7 Å². The zero-order valence-corrected chi connectivity index (χ0v) is 4.36. The molecule has 1 rings (SSSR count). The van der Waals surface area contributed by atoms with Crippen molar-refractivity contribution in [3.8, 4) is 0 Å². The average molecular weight is 106 g/mol. The zero-order valence-electron chi connectivity index (χ0n) is 4.36. The summed E-state index contributed by atoms with van der Waals surface area (Å²) in [7, 11) is 0. The third kappa shape index (κ3) is 1.51. The summed E-state index contributed by atoms with van der Waals surface area (Å²) in [6, 6.07) is 0. The highest BCUT2D eigenvalue weighted by atomic mass is 15.1. The highest BCUT2D eigenvalue weighted by Crippen LogP contribution is 1.87. The minimum Gasteiger partial charge on any atom is -0.159 e. The van der Waals surface area contributed by atoms with Crippen molar-refractivity contribution in [2.75, 3.05) is 0 Å². The minimum atomic E-state index is 1.64. The lowest BCUT2D eigenvalue weighted by Crippen LogP contribution is -1.54. The molecule has 0 spiro atoms. The summed E-state index contributed by atoms with van der Waals surface area (Å²) in [4.78, 5) is 0. The van der Waals surface area contributed by atoms with Crippen LogP contribution in [0.4, 0.5) is 0 Å². The van der Waals surface area contributed by atoms with Crippen molar-refractivity contribution in [3.63, 3.8) is 0 Å². The third-order valence-corrected chi connectivity index (χ3v) is 0.705. The maximum Gasteiger partial charge on any atom is 0.0495 e. The van der Waals surface area contributed by atoms with Gasteiger partial charge in [0.05, 0.1) is 0 Å². The molecule has 1 heterocycles. The van der Waals surface area contributed by atoms with E-state index in [1.54, 1.807) is 12.4 Å². The van der Waals surface area contributed by atoms with Crippen molar-refractivity contribution >= 4 is 0 Å². The summed E-state index contributed by atoms with van der Waals surface area (Å²) in [6.07, 6.45) is 10.7. The summed E-state index contributed by atoms with van der Waals surface area (Å²) in [5.41, 5.74) is 0. The van der Waals surface area contributed by atoms with Gasteiger partial charge in [0.1, 0.15) is 0 Å². The van der Waals surface area contributed by atoms with Crippen molar-refractivity contribution in [1.29, 1.82) is 0 Å². The summed E-state index contributed by atoms with van der Waals surface area (Å²) >= 11 is 0. The number of nitrogens with zero attached hydrogens (tertiary/aromatic N) is 2. The van der Waals surface area contributed by atoms with Crippen molar-refractivity contribution in [2.24, 2.45) is 10.2 Å². The Morgan fingerprint density at radius 2 is 1.12 bits per heavy atom. The molecule has 8 heavy (non-hydrogen) atoms. The Morgan fingerprint density at radius 3 is 1.62 bits per heavy atom. The first-order chi connectivity index (χ1) is 4.00. The Bertz CT molecular complexity index is 107. The molecule has 0 fully saturated rings. The Labute approximate surface area is 47.9 Å². The Kier molecular flexibility index (Phi) is 1.80. The Balaban J connectivity index is 2.67. The van der Waals surface area contributed by atoms with Crippen LogP contribution in [0.25, 0.3) is 0 Å². The first-order valence-corrected chi connectivity index (χ1v) is 2.38. The SMILES string of the molecule is C1=C/C=C\N=NC=C1. The van der Waals surface area contributed by atoms with E-state index in [2.05, 4.69) is 10.2 Å². The number of hydrogen-bond acceptors (Lipinski definition) is 2. The maximum absolute atomic E-state index is 3.64. The summed E-state index contributed by atoms with van der Waals surface area (Å²) in [6.45, 7) is 0. The van der Waals surface area contributed by atoms with Crippen molar-refractivity contribution < 1.29 is 0 Å². The third-order valence-electron chi connectivity index (χ3n) is 0.705. The van der Waals surface area contributed by atoms with Crippen LogP contribution in [-0.4, -0.2) is 0 Å². The summed E-state index contributed by atoms with van der Waals surface area (Å²) < 4.78 is 0. The minimum absolute atomic E-state index is 1.64. The number of azo groups is 1. The van der Waals surface area contributed by atoms with Gasteiger partial charge in [0.25, 0.3) is 0 Å². The van der Waals surface area contributed by atoms with Gasteiger partial charge in [-0.2, -0.15) is 10.2 Å². The number of rotatable bonds is 0. The first-order valence-electron chi connectivity index (χ1n) is 2.38. The highest BCUT2D eigenvalue weighted by molar-refractivity contribution is 5.11. The maximum atomic E-state index is 3.64. The highest BCUT2D eigenvalue weighted by Gasteiger charge is 1.66. The molecule has 0 unspecified atom stereocenters. The van der Waals surface area contributed by atoms with Gasteiger partial charge in [0.2, 0.25) is 0 Å². The van der Waals surface area contributed by atoms with Crippen molar-refractivity contribution in [3.05, 3.63) is 36.7 Å². The van der Waals surface area contributed by atoms with E-state index in [0.717, 1.165) is 0 Å². The first kappa shape index (κ1) is 4.97. The molecule has 0 bridgehead atoms. The molecule has 2 heteroatoms. The van der Waals surface area contributed by atoms with E-state index in [1.165, 1.54) is 0 Å². The molecule has 0 N–H and O–H groups in total. The van der Waals surface area contributed by atoms with Crippen LogP contribution in [0.5, 0.6) is 0 Å². The molecule has 2 nitrogen and oxygen atoms in total. The zero-order chi connectivity index (χ0) is 5.66. The van der Waals surface area contributed by atoms with E-state index in [1.807, 2.05) is 24.3 Å². The van der Waals surface area contributed by atoms with Crippen LogP contribution in [0.1, 0.15) is 0 Å². The van der Waals surface area contributed by atoms with E-state index < -0.39 is 0 Å². The van der Waals surface area contributed by atoms with Gasteiger partial charge in [0, 0.05) is 12.4 Å². The predicted octanol–water partition coefficient (Wildman–Crippen LogP) is 2.04. The molecule has 1 aliphatic heterocycles. The molecule has 0 radical (unpaired) electrons. The van der Waals surface area contributed by atoms with Crippen molar-refractivity contribution in [2.45, 2.75) is 0 Å². The monoisotopic (exact) mass is 106 g/mol. The Hall–Kier alpha value is -1.18. The van der Waals surface area contributed by atoms with Crippen LogP contribution in [0, 0.1) is 0 Å². The number of hydrogen-bond donors (Lipinski definition) is 0. The van der Waals surface area contributed by atoms with Gasteiger partial charge in [-0.3, -0.25) is 0 Å². The molecular formula is C6H6N2. The number of allylic oxidation sites excluding steroid dienone is 4. The molecule has 0 aromatic rings. The molecule has 40 valence electrons. The van der Waals surface area contributed by atoms with Crippen LogP contribution >= 0.6 is 0 Å². The standard InChI is InChI=1S/C6H6N2/c1-2-4-6-8-7-5-3-1/h1-6H/b2-1?,3-1?,4-2?,5-3-,6-4?,7-5?,8-6?,8-7?. The second-order valence-corrected chi connectivity index (χ2v) is 1.30. The summed E-state index contributed by atoms with van der Waals surface area (Å²) in [5, 5.41) is 7.27. The molecule has 0 aromatic heterocycles. The van der Waals surface area contributed by atoms with E-state index in [0.29, 0.717) is 0 Å². The fraction of sp³-hybridized carbons (Fsp3) is 0. The average Bonchev–Trinajstić information content (AvgIpc) is 1.62. The molecule has 0 saturated heterocycles. The van der Waals surface area contributed by atoms with Gasteiger partial charge >= 0.3 is 0 Å². The van der Waals surface area contributed by atoms with Crippen LogP contribution in [0.3, 0.4) is 0 Å². The molecule has 0 aliphatic carbocycles. The van der Waals surface area contributed by atoms with Crippen LogP contribution < -0.4 is 0 Å². The van der Waals surface area contributed by atoms with Gasteiger partial charge in [-0.1, -0.05) is 12.2 Å². The second-order valence-electron chi connectivity index (χ2n) is 1.30. The molecule has 0 aromatic carbocycles. The molecular weight excluding hydrogens is 100 g/mol. The quantitative estimate of drug-likeness (QED) is 0.451. The van der Waals surface area contributed by atoms with E-state index in [9.17, 15) is 0 Å². The molecule has 0 amide bonds. The second kappa shape index (κ2) is 2.91. The molecule has 0 saturated carbocycles.